The van der Waals surface area contributed by atoms with Crippen LogP contribution < -0.4 is 4.90 Å². The van der Waals surface area contributed by atoms with Crippen molar-refractivity contribution in [2.75, 3.05) is 11.4 Å². The largest absolute Gasteiger partial charge is 0.478 e. The number of carbonyl (C=O) groups is 1. The van der Waals surface area contributed by atoms with E-state index in [1.54, 1.807) is 6.07 Å². The average Bonchev–Trinajstić information content (AvgIpc) is 2.87. The quantitative estimate of drug-likeness (QED) is 0.937. The molecule has 6 heteroatoms. The van der Waals surface area contributed by atoms with Crippen molar-refractivity contribution in [3.05, 3.63) is 40.7 Å². The van der Waals surface area contributed by atoms with E-state index in [0.29, 0.717) is 12.1 Å². The second kappa shape index (κ2) is 5.79. The third kappa shape index (κ3) is 2.45. The van der Waals surface area contributed by atoms with Gasteiger partial charge in [0.05, 0.1) is 23.5 Å². The summed E-state index contributed by atoms with van der Waals surface area (Å²) in [5, 5.41) is 17.7. The van der Waals surface area contributed by atoms with Crippen LogP contribution in [0.5, 0.6) is 0 Å². The molecule has 0 amide bonds. The van der Waals surface area contributed by atoms with Crippen molar-refractivity contribution in [2.45, 2.75) is 39.8 Å². The van der Waals surface area contributed by atoms with Gasteiger partial charge in [-0.3, -0.25) is 0 Å². The van der Waals surface area contributed by atoms with E-state index in [1.807, 2.05) is 30.7 Å². The van der Waals surface area contributed by atoms with Crippen molar-refractivity contribution in [3.8, 4) is 0 Å². The van der Waals surface area contributed by atoms with E-state index >= 15 is 0 Å². The Morgan fingerprint density at radius 2 is 2.23 bits per heavy atom. The summed E-state index contributed by atoms with van der Waals surface area (Å²) < 4.78 is 1.91. The molecule has 0 unspecified atom stereocenters. The van der Waals surface area contributed by atoms with E-state index in [1.165, 1.54) is 0 Å². The molecule has 0 radical (unpaired) electrons. The minimum absolute atomic E-state index is 0.418. The van der Waals surface area contributed by atoms with Crippen molar-refractivity contribution in [1.29, 1.82) is 0 Å². The van der Waals surface area contributed by atoms with Gasteiger partial charge in [0, 0.05) is 18.8 Å². The number of nitrogens with zero attached hydrogens (tertiary/aromatic N) is 4. The number of rotatable bonds is 4. The third-order valence-electron chi connectivity index (χ3n) is 4.25. The van der Waals surface area contributed by atoms with Crippen LogP contribution in [0.4, 0.5) is 5.69 Å². The molecule has 1 aromatic heterocycles. The number of carboxylic acid groups (broad SMARTS) is 1. The first-order valence-corrected chi connectivity index (χ1v) is 7.61. The summed E-state index contributed by atoms with van der Waals surface area (Å²) in [6.07, 6.45) is 1.78. The number of carboxylic acids is 1. The fraction of sp³-hybridized carbons (Fsp3) is 0.438. The molecule has 0 bridgehead atoms. The average molecular weight is 300 g/mol. The van der Waals surface area contributed by atoms with Crippen LogP contribution in [0.25, 0.3) is 0 Å². The molecular weight excluding hydrogens is 280 g/mol. The van der Waals surface area contributed by atoms with Gasteiger partial charge in [0.1, 0.15) is 0 Å². The number of aromatic carboxylic acids is 1. The number of fused-ring (bicyclic) bond motifs is 1. The van der Waals surface area contributed by atoms with Crippen molar-refractivity contribution in [3.63, 3.8) is 0 Å². The molecule has 0 atom stereocenters. The van der Waals surface area contributed by atoms with Crippen LogP contribution in [0.1, 0.15) is 40.7 Å². The summed E-state index contributed by atoms with van der Waals surface area (Å²) in [6, 6.07) is 5.52. The van der Waals surface area contributed by atoms with Crippen LogP contribution in [0.3, 0.4) is 0 Å². The highest BCUT2D eigenvalue weighted by atomic mass is 16.4. The molecule has 0 spiro atoms. The standard InChI is InChI=1S/C16H20N4O2/c1-3-20-15(11(2)17-18-20)10-19-9-5-7-12-13(16(21)22)6-4-8-14(12)19/h4,6,8H,3,5,7,9-10H2,1-2H3,(H,21,22). The van der Waals surface area contributed by atoms with Crippen molar-refractivity contribution >= 4 is 11.7 Å². The molecule has 0 saturated carbocycles. The molecular formula is C16H20N4O2. The van der Waals surface area contributed by atoms with Gasteiger partial charge in [-0.1, -0.05) is 11.3 Å². The Morgan fingerprint density at radius 1 is 1.41 bits per heavy atom. The molecule has 0 fully saturated rings. The summed E-state index contributed by atoms with van der Waals surface area (Å²) in [4.78, 5) is 13.6. The summed E-state index contributed by atoms with van der Waals surface area (Å²) >= 11 is 0. The molecule has 3 rings (SSSR count). The maximum Gasteiger partial charge on any atom is 0.336 e. The fourth-order valence-corrected chi connectivity index (χ4v) is 3.12. The van der Waals surface area contributed by atoms with E-state index < -0.39 is 5.97 Å². The van der Waals surface area contributed by atoms with Gasteiger partial charge in [-0.2, -0.15) is 0 Å². The Bertz CT molecular complexity index is 708. The SMILES string of the molecule is CCn1nnc(C)c1CN1CCCc2c(C(=O)O)cccc21. The number of aryl methyl sites for hydroxylation is 2. The van der Waals surface area contributed by atoms with Crippen LogP contribution in [0.2, 0.25) is 0 Å². The summed E-state index contributed by atoms with van der Waals surface area (Å²) in [5.74, 6) is -0.852. The molecule has 1 aliphatic rings. The Labute approximate surface area is 129 Å². The maximum atomic E-state index is 11.4. The van der Waals surface area contributed by atoms with E-state index in [0.717, 1.165) is 48.6 Å². The van der Waals surface area contributed by atoms with Crippen molar-refractivity contribution in [2.24, 2.45) is 0 Å². The molecule has 0 aliphatic carbocycles. The molecule has 2 aromatic rings. The van der Waals surface area contributed by atoms with Crippen LogP contribution >= 0.6 is 0 Å². The third-order valence-corrected chi connectivity index (χ3v) is 4.25. The number of benzene rings is 1. The molecule has 6 nitrogen and oxygen atoms in total. The number of aromatic nitrogens is 3. The first kappa shape index (κ1) is 14.6. The van der Waals surface area contributed by atoms with E-state index in [9.17, 15) is 9.90 Å². The molecule has 1 aromatic carbocycles. The van der Waals surface area contributed by atoms with E-state index in [4.69, 9.17) is 0 Å². The number of hydrogen-bond donors (Lipinski definition) is 1. The molecule has 1 aliphatic heterocycles. The Morgan fingerprint density at radius 3 is 2.95 bits per heavy atom. The predicted octanol–water partition coefficient (Wildman–Crippen LogP) is 2.26. The number of anilines is 1. The van der Waals surface area contributed by atoms with Crippen LogP contribution in [0, 0.1) is 6.92 Å². The fourth-order valence-electron chi connectivity index (χ4n) is 3.12. The van der Waals surface area contributed by atoms with Gasteiger partial charge in [-0.25, -0.2) is 9.48 Å². The van der Waals surface area contributed by atoms with Gasteiger partial charge in [0.2, 0.25) is 0 Å². The van der Waals surface area contributed by atoms with E-state index in [2.05, 4.69) is 15.2 Å². The molecule has 1 N–H and O–H groups in total. The van der Waals surface area contributed by atoms with Crippen molar-refractivity contribution in [1.82, 2.24) is 15.0 Å². The zero-order valence-corrected chi connectivity index (χ0v) is 12.9. The highest BCUT2D eigenvalue weighted by Crippen LogP contribution is 2.31. The van der Waals surface area contributed by atoms with Gasteiger partial charge in [0.15, 0.2) is 0 Å². The van der Waals surface area contributed by atoms with Crippen molar-refractivity contribution < 1.29 is 9.90 Å². The number of hydrogen-bond acceptors (Lipinski definition) is 4. The predicted molar refractivity (Wildman–Crippen MR) is 83.2 cm³/mol. The lowest BCUT2D eigenvalue weighted by Gasteiger charge is -2.32. The van der Waals surface area contributed by atoms with Crippen LogP contribution in [0.15, 0.2) is 18.2 Å². The first-order chi connectivity index (χ1) is 10.6. The zero-order chi connectivity index (χ0) is 15.7. The summed E-state index contributed by atoms with van der Waals surface area (Å²) in [7, 11) is 0. The maximum absolute atomic E-state index is 11.4. The van der Waals surface area contributed by atoms with Gasteiger partial charge in [-0.05, 0) is 44.4 Å². The van der Waals surface area contributed by atoms with Crippen LogP contribution in [-0.2, 0) is 19.5 Å². The monoisotopic (exact) mass is 300 g/mol. The second-order valence-corrected chi connectivity index (χ2v) is 5.57. The Balaban J connectivity index is 1.97. The molecule has 22 heavy (non-hydrogen) atoms. The highest BCUT2D eigenvalue weighted by Gasteiger charge is 2.23. The summed E-state index contributed by atoms with van der Waals surface area (Å²) in [6.45, 7) is 6.43. The lowest BCUT2D eigenvalue weighted by molar-refractivity contribution is 0.0695. The van der Waals surface area contributed by atoms with Gasteiger partial charge >= 0.3 is 5.97 Å². The lowest BCUT2D eigenvalue weighted by atomic mass is 9.96. The first-order valence-electron chi connectivity index (χ1n) is 7.61. The second-order valence-electron chi connectivity index (χ2n) is 5.57. The minimum atomic E-state index is -0.852. The Kier molecular flexibility index (Phi) is 3.83. The zero-order valence-electron chi connectivity index (χ0n) is 12.9. The molecule has 0 saturated heterocycles. The van der Waals surface area contributed by atoms with Gasteiger partial charge < -0.3 is 10.0 Å². The topological polar surface area (TPSA) is 71.2 Å². The van der Waals surface area contributed by atoms with Crippen LogP contribution in [-0.4, -0.2) is 32.6 Å². The normalized spacial score (nSPS) is 14.0. The molecule has 116 valence electrons. The molecule has 2 heterocycles. The van der Waals surface area contributed by atoms with E-state index in [-0.39, 0.29) is 0 Å². The Hall–Kier alpha value is -2.37. The smallest absolute Gasteiger partial charge is 0.336 e. The highest BCUT2D eigenvalue weighted by molar-refractivity contribution is 5.91. The summed E-state index contributed by atoms with van der Waals surface area (Å²) in [5.41, 5.74) is 4.41. The van der Waals surface area contributed by atoms with Gasteiger partial charge in [-0.15, -0.1) is 5.10 Å². The lowest BCUT2D eigenvalue weighted by Crippen LogP contribution is -2.31. The minimum Gasteiger partial charge on any atom is -0.478 e. The van der Waals surface area contributed by atoms with Gasteiger partial charge in [0.25, 0.3) is 0 Å².